The molecule has 1 saturated carbocycles. The fraction of sp³-hybridized carbons (Fsp3) is 0.667. The fourth-order valence-electron chi connectivity index (χ4n) is 5.04. The number of hydrogen-bond acceptors (Lipinski definition) is 5. The van der Waals surface area contributed by atoms with Crippen molar-refractivity contribution in [2.75, 3.05) is 39.4 Å². The van der Waals surface area contributed by atoms with Crippen LogP contribution >= 0.6 is 12.4 Å². The molecular formula is C24H36ClN3O4. The molecule has 2 fully saturated rings. The average molecular weight is 466 g/mol. The van der Waals surface area contributed by atoms with Crippen molar-refractivity contribution in [1.29, 1.82) is 0 Å². The molecule has 0 aromatic heterocycles. The first-order valence-corrected chi connectivity index (χ1v) is 11.4. The zero-order valence-corrected chi connectivity index (χ0v) is 20.2. The van der Waals surface area contributed by atoms with E-state index in [0.717, 1.165) is 52.0 Å². The van der Waals surface area contributed by atoms with E-state index >= 15 is 0 Å². The molecule has 1 saturated heterocycles. The third-order valence-corrected chi connectivity index (χ3v) is 6.49. The van der Waals surface area contributed by atoms with Gasteiger partial charge in [0.25, 0.3) is 5.91 Å². The summed E-state index contributed by atoms with van der Waals surface area (Å²) in [5.74, 6) is 0.361. The van der Waals surface area contributed by atoms with Crippen molar-refractivity contribution < 1.29 is 19.1 Å². The predicted molar refractivity (Wildman–Crippen MR) is 125 cm³/mol. The van der Waals surface area contributed by atoms with Crippen LogP contribution in [-0.2, 0) is 9.53 Å². The molecule has 2 amide bonds. The van der Waals surface area contributed by atoms with Gasteiger partial charge in [0.2, 0.25) is 5.91 Å². The molecule has 32 heavy (non-hydrogen) atoms. The molecule has 0 radical (unpaired) electrons. The molecule has 1 N–H and O–H groups in total. The Hall–Kier alpha value is -1.83. The summed E-state index contributed by atoms with van der Waals surface area (Å²) >= 11 is 0. The number of benzene rings is 1. The molecule has 7 nitrogen and oxygen atoms in total. The lowest BCUT2D eigenvalue weighted by molar-refractivity contribution is -0.123. The van der Waals surface area contributed by atoms with Crippen molar-refractivity contribution in [3.63, 3.8) is 0 Å². The standard InChI is InChI=1S/C24H35N3O4.ClH/c1-23(2,3)25-21(28)16-27-17-24(31-20-7-5-4-6-19(20)22(27)29)10-8-18(9-11-24)26-12-14-30-15-13-26;/h4-7,18H,8-17H2,1-3H3,(H,25,28);1H. The monoisotopic (exact) mass is 465 g/mol. The topological polar surface area (TPSA) is 71.1 Å². The Bertz CT molecular complexity index is 812. The van der Waals surface area contributed by atoms with E-state index in [1.165, 1.54) is 0 Å². The summed E-state index contributed by atoms with van der Waals surface area (Å²) in [6.07, 6.45) is 3.79. The van der Waals surface area contributed by atoms with E-state index < -0.39 is 5.60 Å². The summed E-state index contributed by atoms with van der Waals surface area (Å²) in [5.41, 5.74) is -0.250. The van der Waals surface area contributed by atoms with E-state index in [-0.39, 0.29) is 36.3 Å². The molecule has 2 aliphatic heterocycles. The second-order valence-corrected chi connectivity index (χ2v) is 10.1. The highest BCUT2D eigenvalue weighted by Crippen LogP contribution is 2.39. The highest BCUT2D eigenvalue weighted by Gasteiger charge is 2.44. The van der Waals surface area contributed by atoms with Gasteiger partial charge in [-0.2, -0.15) is 0 Å². The van der Waals surface area contributed by atoms with Gasteiger partial charge in [-0.3, -0.25) is 14.5 Å². The quantitative estimate of drug-likeness (QED) is 0.743. The third kappa shape index (κ3) is 5.74. The van der Waals surface area contributed by atoms with Crippen LogP contribution in [-0.4, -0.2) is 78.2 Å². The molecule has 1 aromatic rings. The number of ether oxygens (including phenoxy) is 2. The summed E-state index contributed by atoms with van der Waals surface area (Å²) < 4.78 is 12.1. The number of carbonyl (C=O) groups is 2. The van der Waals surface area contributed by atoms with Crippen molar-refractivity contribution in [1.82, 2.24) is 15.1 Å². The zero-order chi connectivity index (χ0) is 22.1. The van der Waals surface area contributed by atoms with Crippen LogP contribution in [0.1, 0.15) is 56.8 Å². The van der Waals surface area contributed by atoms with Gasteiger partial charge < -0.3 is 19.7 Å². The largest absolute Gasteiger partial charge is 0.485 e. The number of nitrogens with zero attached hydrogens (tertiary/aromatic N) is 2. The van der Waals surface area contributed by atoms with Crippen molar-refractivity contribution in [2.24, 2.45) is 0 Å². The van der Waals surface area contributed by atoms with Gasteiger partial charge in [0, 0.05) is 24.7 Å². The average Bonchev–Trinajstić information content (AvgIpc) is 2.83. The third-order valence-electron chi connectivity index (χ3n) is 6.49. The molecule has 1 aliphatic carbocycles. The van der Waals surface area contributed by atoms with Crippen molar-refractivity contribution >= 4 is 24.2 Å². The number of halogens is 1. The Morgan fingerprint density at radius 2 is 1.81 bits per heavy atom. The molecule has 1 aromatic carbocycles. The van der Waals surface area contributed by atoms with Gasteiger partial charge in [0.05, 0.1) is 25.3 Å². The van der Waals surface area contributed by atoms with Gasteiger partial charge in [0.1, 0.15) is 17.9 Å². The Labute approximate surface area is 197 Å². The van der Waals surface area contributed by atoms with Gasteiger partial charge in [-0.05, 0) is 58.6 Å². The number of fused-ring (bicyclic) bond motifs is 1. The molecule has 0 unspecified atom stereocenters. The molecule has 0 bridgehead atoms. The van der Waals surface area contributed by atoms with Crippen LogP contribution in [0.3, 0.4) is 0 Å². The van der Waals surface area contributed by atoms with Gasteiger partial charge in [0.15, 0.2) is 0 Å². The maximum atomic E-state index is 13.3. The number of amides is 2. The van der Waals surface area contributed by atoms with E-state index in [1.54, 1.807) is 11.0 Å². The number of rotatable bonds is 3. The summed E-state index contributed by atoms with van der Waals surface area (Å²) in [6, 6.07) is 7.96. The highest BCUT2D eigenvalue weighted by atomic mass is 35.5. The molecule has 4 rings (SSSR count). The summed E-state index contributed by atoms with van der Waals surface area (Å²) in [4.78, 5) is 30.2. The smallest absolute Gasteiger partial charge is 0.258 e. The van der Waals surface area contributed by atoms with Crippen molar-refractivity contribution in [2.45, 2.75) is 63.6 Å². The van der Waals surface area contributed by atoms with Gasteiger partial charge in [-0.15, -0.1) is 12.4 Å². The second kappa shape index (κ2) is 9.98. The first-order valence-electron chi connectivity index (χ1n) is 11.4. The fourth-order valence-corrected chi connectivity index (χ4v) is 5.04. The predicted octanol–water partition coefficient (Wildman–Crippen LogP) is 2.87. The molecule has 0 atom stereocenters. The molecule has 2 heterocycles. The first-order chi connectivity index (χ1) is 14.7. The first kappa shape index (κ1) is 24.8. The highest BCUT2D eigenvalue weighted by molar-refractivity contribution is 5.99. The Morgan fingerprint density at radius 3 is 2.47 bits per heavy atom. The lowest BCUT2D eigenvalue weighted by atomic mass is 9.80. The number of carbonyl (C=O) groups excluding carboxylic acids is 2. The van der Waals surface area contributed by atoms with E-state index in [2.05, 4.69) is 10.2 Å². The van der Waals surface area contributed by atoms with E-state index in [4.69, 9.17) is 9.47 Å². The SMILES string of the molecule is CC(C)(C)NC(=O)CN1CC2(CCC(N3CCOCC3)CC2)Oc2ccccc2C1=O.Cl. The van der Waals surface area contributed by atoms with Crippen LogP contribution in [0.5, 0.6) is 5.75 Å². The maximum Gasteiger partial charge on any atom is 0.258 e. The van der Waals surface area contributed by atoms with Crippen LogP contribution in [0.15, 0.2) is 24.3 Å². The minimum absolute atomic E-state index is 0. The van der Waals surface area contributed by atoms with Crippen molar-refractivity contribution in [3.05, 3.63) is 29.8 Å². The van der Waals surface area contributed by atoms with Crippen LogP contribution in [0.25, 0.3) is 0 Å². The Morgan fingerprint density at radius 1 is 1.16 bits per heavy atom. The Balaban J connectivity index is 0.00000289. The lowest BCUT2D eigenvalue weighted by Crippen LogP contribution is -2.55. The van der Waals surface area contributed by atoms with Crippen LogP contribution < -0.4 is 10.1 Å². The summed E-state index contributed by atoms with van der Waals surface area (Å²) in [7, 11) is 0. The molecule has 178 valence electrons. The summed E-state index contributed by atoms with van der Waals surface area (Å²) in [6.45, 7) is 9.90. The van der Waals surface area contributed by atoms with E-state index in [0.29, 0.717) is 23.9 Å². The number of para-hydroxylation sites is 1. The van der Waals surface area contributed by atoms with Crippen LogP contribution in [0, 0.1) is 0 Å². The van der Waals surface area contributed by atoms with Gasteiger partial charge in [-0.25, -0.2) is 0 Å². The molecule has 8 heteroatoms. The van der Waals surface area contributed by atoms with Crippen LogP contribution in [0.4, 0.5) is 0 Å². The summed E-state index contributed by atoms with van der Waals surface area (Å²) in [5, 5.41) is 2.98. The van der Waals surface area contributed by atoms with E-state index in [9.17, 15) is 9.59 Å². The zero-order valence-electron chi connectivity index (χ0n) is 19.4. The molecular weight excluding hydrogens is 430 g/mol. The normalized spacial score (nSPS) is 26.5. The van der Waals surface area contributed by atoms with Gasteiger partial charge >= 0.3 is 0 Å². The van der Waals surface area contributed by atoms with Crippen LogP contribution in [0.2, 0.25) is 0 Å². The minimum atomic E-state index is -0.451. The second-order valence-electron chi connectivity index (χ2n) is 10.1. The lowest BCUT2D eigenvalue weighted by Gasteiger charge is -2.45. The molecule has 1 spiro atoms. The number of morpholine rings is 1. The maximum absolute atomic E-state index is 13.3. The van der Waals surface area contributed by atoms with Crippen molar-refractivity contribution in [3.8, 4) is 5.75 Å². The van der Waals surface area contributed by atoms with E-state index in [1.807, 2.05) is 39.0 Å². The molecule has 3 aliphatic rings. The minimum Gasteiger partial charge on any atom is -0.485 e. The number of nitrogens with one attached hydrogen (secondary N) is 1. The number of hydrogen-bond donors (Lipinski definition) is 1. The Kier molecular flexibility index (Phi) is 7.73. The van der Waals surface area contributed by atoms with Gasteiger partial charge in [-0.1, -0.05) is 12.1 Å².